The van der Waals surface area contributed by atoms with E-state index in [2.05, 4.69) is 25.2 Å². The van der Waals surface area contributed by atoms with Crippen LogP contribution < -0.4 is 5.32 Å². The molecular formula is C11H20N2O. The molecule has 2 N–H and O–H groups in total. The standard InChI is InChI=1S/C11H20N2O/c1-11(2,6-7-14)13-10-5-3-4-9(10)8-12/h9-10,13-14H,3-7H2,1-2H3. The van der Waals surface area contributed by atoms with Gasteiger partial charge in [-0.2, -0.15) is 5.26 Å². The molecule has 2 atom stereocenters. The van der Waals surface area contributed by atoms with Crippen molar-refractivity contribution in [2.75, 3.05) is 6.61 Å². The van der Waals surface area contributed by atoms with E-state index in [1.807, 2.05) is 0 Å². The number of nitriles is 1. The first-order valence-electron chi connectivity index (χ1n) is 5.37. The van der Waals surface area contributed by atoms with Crippen LogP contribution in [0.3, 0.4) is 0 Å². The number of aliphatic hydroxyl groups is 1. The van der Waals surface area contributed by atoms with E-state index in [9.17, 15) is 0 Å². The summed E-state index contributed by atoms with van der Waals surface area (Å²) in [6.45, 7) is 4.36. The van der Waals surface area contributed by atoms with E-state index in [4.69, 9.17) is 10.4 Å². The summed E-state index contributed by atoms with van der Waals surface area (Å²) in [5, 5.41) is 21.3. The monoisotopic (exact) mass is 196 g/mol. The Morgan fingerprint density at radius 2 is 2.21 bits per heavy atom. The molecule has 80 valence electrons. The maximum Gasteiger partial charge on any atom is 0.0672 e. The van der Waals surface area contributed by atoms with E-state index in [1.54, 1.807) is 0 Å². The first-order valence-corrected chi connectivity index (χ1v) is 5.37. The van der Waals surface area contributed by atoms with Gasteiger partial charge in [0, 0.05) is 18.2 Å². The third-order valence-electron chi connectivity index (χ3n) is 2.99. The van der Waals surface area contributed by atoms with E-state index >= 15 is 0 Å². The van der Waals surface area contributed by atoms with Gasteiger partial charge in [-0.15, -0.1) is 0 Å². The zero-order valence-electron chi connectivity index (χ0n) is 9.08. The summed E-state index contributed by atoms with van der Waals surface area (Å²) < 4.78 is 0. The van der Waals surface area contributed by atoms with Crippen LogP contribution in [-0.2, 0) is 0 Å². The van der Waals surface area contributed by atoms with E-state index in [-0.39, 0.29) is 18.1 Å². The van der Waals surface area contributed by atoms with Gasteiger partial charge in [0.05, 0.1) is 12.0 Å². The average Bonchev–Trinajstić information content (AvgIpc) is 2.50. The van der Waals surface area contributed by atoms with E-state index in [0.717, 1.165) is 25.7 Å². The molecule has 0 aliphatic heterocycles. The van der Waals surface area contributed by atoms with Crippen LogP contribution >= 0.6 is 0 Å². The summed E-state index contributed by atoms with van der Waals surface area (Å²) in [5.41, 5.74) is -0.0567. The molecule has 3 heteroatoms. The molecule has 0 aromatic rings. The van der Waals surface area contributed by atoms with Gasteiger partial charge >= 0.3 is 0 Å². The second-order valence-electron chi connectivity index (χ2n) is 4.77. The third kappa shape index (κ3) is 2.97. The van der Waals surface area contributed by atoms with Crippen molar-refractivity contribution in [3.05, 3.63) is 0 Å². The lowest BCUT2D eigenvalue weighted by Gasteiger charge is -2.30. The van der Waals surface area contributed by atoms with Gasteiger partial charge in [0.25, 0.3) is 0 Å². The largest absolute Gasteiger partial charge is 0.396 e. The van der Waals surface area contributed by atoms with Gasteiger partial charge in [0.1, 0.15) is 0 Å². The van der Waals surface area contributed by atoms with Crippen molar-refractivity contribution in [3.63, 3.8) is 0 Å². The summed E-state index contributed by atoms with van der Waals surface area (Å²) in [6, 6.07) is 2.67. The lowest BCUT2D eigenvalue weighted by atomic mass is 9.96. The summed E-state index contributed by atoms with van der Waals surface area (Å²) in [7, 11) is 0. The maximum absolute atomic E-state index is 8.92. The Morgan fingerprint density at radius 1 is 1.50 bits per heavy atom. The molecule has 1 saturated carbocycles. The Morgan fingerprint density at radius 3 is 2.79 bits per heavy atom. The first kappa shape index (κ1) is 11.5. The highest BCUT2D eigenvalue weighted by Crippen LogP contribution is 2.27. The Balaban J connectivity index is 2.47. The molecule has 1 aliphatic rings. The third-order valence-corrected chi connectivity index (χ3v) is 2.99. The van der Waals surface area contributed by atoms with Gasteiger partial charge in [-0.25, -0.2) is 0 Å². The number of rotatable bonds is 4. The average molecular weight is 196 g/mol. The molecule has 0 saturated heterocycles. The van der Waals surface area contributed by atoms with Crippen molar-refractivity contribution in [1.82, 2.24) is 5.32 Å². The molecule has 0 amide bonds. The number of nitrogens with one attached hydrogen (secondary N) is 1. The molecule has 0 aromatic carbocycles. The smallest absolute Gasteiger partial charge is 0.0672 e. The van der Waals surface area contributed by atoms with Gasteiger partial charge in [-0.1, -0.05) is 6.42 Å². The molecule has 1 aliphatic carbocycles. The Bertz CT molecular complexity index is 220. The molecule has 0 spiro atoms. The fourth-order valence-electron chi connectivity index (χ4n) is 2.14. The predicted octanol–water partition coefficient (Wildman–Crippen LogP) is 1.43. The van der Waals surface area contributed by atoms with Crippen LogP contribution in [0.15, 0.2) is 0 Å². The molecule has 0 bridgehead atoms. The minimum Gasteiger partial charge on any atom is -0.396 e. The summed E-state index contributed by atoms with van der Waals surface area (Å²) >= 11 is 0. The van der Waals surface area contributed by atoms with Gasteiger partial charge in [-0.3, -0.25) is 0 Å². The zero-order chi connectivity index (χ0) is 10.6. The van der Waals surface area contributed by atoms with Crippen LogP contribution in [0, 0.1) is 17.2 Å². The highest BCUT2D eigenvalue weighted by molar-refractivity contribution is 4.99. The minimum absolute atomic E-state index is 0.0567. The molecule has 1 fully saturated rings. The highest BCUT2D eigenvalue weighted by Gasteiger charge is 2.31. The van der Waals surface area contributed by atoms with Crippen molar-refractivity contribution in [2.24, 2.45) is 5.92 Å². The van der Waals surface area contributed by atoms with Crippen LogP contribution in [0.2, 0.25) is 0 Å². The first-order chi connectivity index (χ1) is 6.59. The Labute approximate surface area is 86.1 Å². The predicted molar refractivity (Wildman–Crippen MR) is 55.7 cm³/mol. The van der Waals surface area contributed by atoms with E-state index < -0.39 is 0 Å². The summed E-state index contributed by atoms with van der Waals surface area (Å²) in [4.78, 5) is 0. The Kier molecular flexibility index (Phi) is 3.91. The van der Waals surface area contributed by atoms with Gasteiger partial charge in [-0.05, 0) is 33.1 Å². The SMILES string of the molecule is CC(C)(CCO)NC1CCCC1C#N. The second-order valence-corrected chi connectivity index (χ2v) is 4.77. The van der Waals surface area contributed by atoms with Crippen LogP contribution in [-0.4, -0.2) is 23.3 Å². The van der Waals surface area contributed by atoms with Crippen LogP contribution in [0.5, 0.6) is 0 Å². The molecule has 3 nitrogen and oxygen atoms in total. The Hall–Kier alpha value is -0.590. The molecule has 0 aromatic heterocycles. The van der Waals surface area contributed by atoms with Gasteiger partial charge < -0.3 is 10.4 Å². The van der Waals surface area contributed by atoms with Gasteiger partial charge in [0.2, 0.25) is 0 Å². The molecule has 0 radical (unpaired) electrons. The van der Waals surface area contributed by atoms with Crippen molar-refractivity contribution in [2.45, 2.75) is 51.1 Å². The van der Waals surface area contributed by atoms with E-state index in [1.165, 1.54) is 0 Å². The normalized spacial score (nSPS) is 27.6. The van der Waals surface area contributed by atoms with Crippen molar-refractivity contribution >= 4 is 0 Å². The summed E-state index contributed by atoms with van der Waals surface area (Å²) in [5.74, 6) is 0.160. The number of hydrogen-bond donors (Lipinski definition) is 2. The van der Waals surface area contributed by atoms with Crippen LogP contribution in [0.1, 0.15) is 39.5 Å². The van der Waals surface area contributed by atoms with Crippen molar-refractivity contribution in [1.29, 1.82) is 5.26 Å². The molecule has 14 heavy (non-hydrogen) atoms. The molecular weight excluding hydrogens is 176 g/mol. The number of hydrogen-bond acceptors (Lipinski definition) is 3. The maximum atomic E-state index is 8.92. The number of nitrogens with zero attached hydrogens (tertiary/aromatic N) is 1. The molecule has 2 unspecified atom stereocenters. The zero-order valence-corrected chi connectivity index (χ0v) is 9.08. The van der Waals surface area contributed by atoms with E-state index in [0.29, 0.717) is 6.04 Å². The lowest BCUT2D eigenvalue weighted by molar-refractivity contribution is 0.213. The van der Waals surface area contributed by atoms with Crippen LogP contribution in [0.25, 0.3) is 0 Å². The fourth-order valence-corrected chi connectivity index (χ4v) is 2.14. The van der Waals surface area contributed by atoms with Crippen molar-refractivity contribution < 1.29 is 5.11 Å². The number of aliphatic hydroxyl groups excluding tert-OH is 1. The minimum atomic E-state index is -0.0567. The topological polar surface area (TPSA) is 56.0 Å². The quantitative estimate of drug-likeness (QED) is 0.715. The highest BCUT2D eigenvalue weighted by atomic mass is 16.3. The fraction of sp³-hybridized carbons (Fsp3) is 0.909. The van der Waals surface area contributed by atoms with Gasteiger partial charge in [0.15, 0.2) is 0 Å². The molecule has 0 heterocycles. The van der Waals surface area contributed by atoms with Crippen molar-refractivity contribution in [3.8, 4) is 6.07 Å². The molecule has 1 rings (SSSR count). The summed E-state index contributed by atoms with van der Waals surface area (Å²) in [6.07, 6.45) is 3.99. The lowest BCUT2D eigenvalue weighted by Crippen LogP contribution is -2.47. The van der Waals surface area contributed by atoms with Crippen LogP contribution in [0.4, 0.5) is 0 Å². The second kappa shape index (κ2) is 4.77.